The molecule has 0 aromatic heterocycles. The van der Waals surface area contributed by atoms with Crippen LogP contribution in [0.1, 0.15) is 10.4 Å². The maximum absolute atomic E-state index is 11.4. The molecule has 0 fully saturated rings. The molecular weight excluding hydrogens is 238 g/mol. The number of ether oxygens (including phenoxy) is 1. The third-order valence-electron chi connectivity index (χ3n) is 2.26. The molecule has 0 atom stereocenters. The quantitative estimate of drug-likeness (QED) is 0.439. The van der Waals surface area contributed by atoms with Crippen molar-refractivity contribution in [3.8, 4) is 5.75 Å². The van der Waals surface area contributed by atoms with Crippen LogP contribution in [0, 0.1) is 10.1 Å². The van der Waals surface area contributed by atoms with Crippen LogP contribution in [0.2, 0.25) is 0 Å². The molecule has 0 saturated carbocycles. The number of hydrogen-bond donors (Lipinski definition) is 2. The SMILES string of the molecule is CNCCOc1cc(C(=O)NC)ccc1[N+](=O)[O-]. The molecule has 0 saturated heterocycles. The summed E-state index contributed by atoms with van der Waals surface area (Å²) in [4.78, 5) is 21.7. The molecule has 0 radical (unpaired) electrons. The molecule has 0 unspecified atom stereocenters. The fourth-order valence-electron chi connectivity index (χ4n) is 1.33. The Morgan fingerprint density at radius 2 is 2.17 bits per heavy atom. The van der Waals surface area contributed by atoms with Crippen molar-refractivity contribution in [1.29, 1.82) is 0 Å². The smallest absolute Gasteiger partial charge is 0.310 e. The van der Waals surface area contributed by atoms with Crippen LogP contribution in [0.5, 0.6) is 5.75 Å². The van der Waals surface area contributed by atoms with E-state index in [2.05, 4.69) is 10.6 Å². The summed E-state index contributed by atoms with van der Waals surface area (Å²) < 4.78 is 5.29. The van der Waals surface area contributed by atoms with Crippen LogP contribution in [0.3, 0.4) is 0 Å². The van der Waals surface area contributed by atoms with Crippen molar-refractivity contribution in [3.05, 3.63) is 33.9 Å². The largest absolute Gasteiger partial charge is 0.485 e. The molecule has 0 heterocycles. The molecule has 1 amide bonds. The minimum Gasteiger partial charge on any atom is -0.485 e. The number of rotatable bonds is 6. The van der Waals surface area contributed by atoms with Crippen LogP contribution in [-0.4, -0.2) is 38.1 Å². The Balaban J connectivity index is 2.99. The molecule has 1 aromatic rings. The molecule has 0 aliphatic rings. The van der Waals surface area contributed by atoms with Gasteiger partial charge in [-0.1, -0.05) is 0 Å². The van der Waals surface area contributed by atoms with Crippen LogP contribution < -0.4 is 15.4 Å². The monoisotopic (exact) mass is 253 g/mol. The topological polar surface area (TPSA) is 93.5 Å². The third kappa shape index (κ3) is 3.42. The molecule has 0 aliphatic heterocycles. The second kappa shape index (κ2) is 6.55. The summed E-state index contributed by atoms with van der Waals surface area (Å²) in [6, 6.07) is 4.02. The van der Waals surface area contributed by atoms with Crippen LogP contribution in [0.4, 0.5) is 5.69 Å². The van der Waals surface area contributed by atoms with E-state index in [1.807, 2.05) is 0 Å². The highest BCUT2D eigenvalue weighted by Crippen LogP contribution is 2.27. The van der Waals surface area contributed by atoms with E-state index >= 15 is 0 Å². The number of carbonyl (C=O) groups excluding carboxylic acids is 1. The van der Waals surface area contributed by atoms with Gasteiger partial charge in [-0.2, -0.15) is 0 Å². The Morgan fingerprint density at radius 3 is 2.72 bits per heavy atom. The van der Waals surface area contributed by atoms with E-state index in [0.29, 0.717) is 12.1 Å². The second-order valence-electron chi connectivity index (χ2n) is 3.47. The first-order valence-corrected chi connectivity index (χ1v) is 5.38. The van der Waals surface area contributed by atoms with Gasteiger partial charge in [0.05, 0.1) is 4.92 Å². The summed E-state index contributed by atoms with van der Waals surface area (Å²) in [5.74, 6) is -0.222. The predicted molar refractivity (Wildman–Crippen MR) is 65.9 cm³/mol. The van der Waals surface area contributed by atoms with E-state index < -0.39 is 4.92 Å². The van der Waals surface area contributed by atoms with Crippen LogP contribution in [0.15, 0.2) is 18.2 Å². The first-order chi connectivity index (χ1) is 8.60. The Kier molecular flexibility index (Phi) is 5.06. The number of nitro groups is 1. The number of nitrogens with one attached hydrogen (secondary N) is 2. The van der Waals surface area contributed by atoms with E-state index in [1.165, 1.54) is 25.2 Å². The molecule has 98 valence electrons. The highest BCUT2D eigenvalue weighted by molar-refractivity contribution is 5.94. The van der Waals surface area contributed by atoms with Gasteiger partial charge in [-0.3, -0.25) is 14.9 Å². The normalized spacial score (nSPS) is 9.89. The highest BCUT2D eigenvalue weighted by Gasteiger charge is 2.17. The molecule has 7 heteroatoms. The van der Waals surface area contributed by atoms with Crippen LogP contribution in [0.25, 0.3) is 0 Å². The Labute approximate surface area is 104 Å². The predicted octanol–water partition coefficient (Wildman–Crippen LogP) is 0.553. The van der Waals surface area contributed by atoms with Crippen LogP contribution in [-0.2, 0) is 0 Å². The lowest BCUT2D eigenvalue weighted by Gasteiger charge is -2.08. The molecule has 0 spiro atoms. The average Bonchev–Trinajstić information content (AvgIpc) is 2.37. The fraction of sp³-hybridized carbons (Fsp3) is 0.364. The molecule has 7 nitrogen and oxygen atoms in total. The molecular formula is C11H15N3O4. The average molecular weight is 253 g/mol. The Hall–Kier alpha value is -2.15. The number of benzene rings is 1. The third-order valence-corrected chi connectivity index (χ3v) is 2.26. The molecule has 18 heavy (non-hydrogen) atoms. The molecule has 2 N–H and O–H groups in total. The minimum atomic E-state index is -0.539. The van der Waals surface area contributed by atoms with Gasteiger partial charge >= 0.3 is 5.69 Å². The first-order valence-electron chi connectivity index (χ1n) is 5.38. The van der Waals surface area contributed by atoms with Gasteiger partial charge in [0, 0.05) is 31.3 Å². The van der Waals surface area contributed by atoms with E-state index in [-0.39, 0.29) is 24.0 Å². The zero-order valence-corrected chi connectivity index (χ0v) is 10.2. The number of carbonyl (C=O) groups is 1. The van der Waals surface area contributed by atoms with E-state index in [1.54, 1.807) is 7.05 Å². The first kappa shape index (κ1) is 13.9. The number of likely N-dealkylation sites (N-methyl/N-ethyl adjacent to an activating group) is 1. The maximum Gasteiger partial charge on any atom is 0.310 e. The molecule has 1 rings (SSSR count). The van der Waals surface area contributed by atoms with Crippen molar-refractivity contribution < 1.29 is 14.5 Å². The van der Waals surface area contributed by atoms with Crippen LogP contribution >= 0.6 is 0 Å². The fourth-order valence-corrected chi connectivity index (χ4v) is 1.33. The molecule has 1 aromatic carbocycles. The van der Waals surface area contributed by atoms with Gasteiger partial charge < -0.3 is 15.4 Å². The Bertz CT molecular complexity index is 448. The van der Waals surface area contributed by atoms with E-state index in [4.69, 9.17) is 4.74 Å². The van der Waals surface area contributed by atoms with Gasteiger partial charge in [0.1, 0.15) is 6.61 Å². The zero-order chi connectivity index (χ0) is 13.5. The van der Waals surface area contributed by atoms with Crippen molar-refractivity contribution in [2.75, 3.05) is 27.2 Å². The van der Waals surface area contributed by atoms with Crippen molar-refractivity contribution in [1.82, 2.24) is 10.6 Å². The summed E-state index contributed by atoms with van der Waals surface area (Å²) in [7, 11) is 3.24. The van der Waals surface area contributed by atoms with Gasteiger partial charge in [-0.05, 0) is 13.1 Å². The lowest BCUT2D eigenvalue weighted by atomic mass is 10.2. The Morgan fingerprint density at radius 1 is 1.44 bits per heavy atom. The summed E-state index contributed by atoms with van der Waals surface area (Å²) in [6.07, 6.45) is 0. The number of hydrogen-bond acceptors (Lipinski definition) is 5. The van der Waals surface area contributed by atoms with Gasteiger partial charge in [0.25, 0.3) is 5.91 Å². The standard InChI is InChI=1S/C11H15N3O4/c1-12-5-6-18-10-7-8(11(15)13-2)3-4-9(10)14(16)17/h3-4,7,12H,5-6H2,1-2H3,(H,13,15). The molecule has 0 bridgehead atoms. The van der Waals surface area contributed by atoms with Gasteiger partial charge in [0.15, 0.2) is 5.75 Å². The summed E-state index contributed by atoms with van der Waals surface area (Å²) in [6.45, 7) is 0.843. The summed E-state index contributed by atoms with van der Waals surface area (Å²) >= 11 is 0. The highest BCUT2D eigenvalue weighted by atomic mass is 16.6. The second-order valence-corrected chi connectivity index (χ2v) is 3.47. The number of nitro benzene ring substituents is 1. The lowest BCUT2D eigenvalue weighted by molar-refractivity contribution is -0.385. The lowest BCUT2D eigenvalue weighted by Crippen LogP contribution is -2.19. The van der Waals surface area contributed by atoms with E-state index in [9.17, 15) is 14.9 Å². The summed E-state index contributed by atoms with van der Waals surface area (Å²) in [5, 5.41) is 16.1. The van der Waals surface area contributed by atoms with Crippen molar-refractivity contribution in [2.45, 2.75) is 0 Å². The minimum absolute atomic E-state index is 0.0938. The van der Waals surface area contributed by atoms with Gasteiger partial charge in [-0.25, -0.2) is 0 Å². The number of amides is 1. The van der Waals surface area contributed by atoms with Crippen molar-refractivity contribution in [3.63, 3.8) is 0 Å². The maximum atomic E-state index is 11.4. The van der Waals surface area contributed by atoms with Crippen molar-refractivity contribution >= 4 is 11.6 Å². The van der Waals surface area contributed by atoms with Gasteiger partial charge in [-0.15, -0.1) is 0 Å². The number of nitrogens with zero attached hydrogens (tertiary/aromatic N) is 1. The zero-order valence-electron chi connectivity index (χ0n) is 10.2. The summed E-state index contributed by atoms with van der Waals surface area (Å²) in [5.41, 5.74) is 0.168. The van der Waals surface area contributed by atoms with Crippen molar-refractivity contribution in [2.24, 2.45) is 0 Å². The molecule has 0 aliphatic carbocycles. The van der Waals surface area contributed by atoms with Gasteiger partial charge in [0.2, 0.25) is 0 Å². The van der Waals surface area contributed by atoms with E-state index in [0.717, 1.165) is 0 Å².